The van der Waals surface area contributed by atoms with E-state index in [1.807, 2.05) is 6.92 Å². The minimum absolute atomic E-state index is 0.0871. The largest absolute Gasteiger partial charge is 0.467 e. The lowest BCUT2D eigenvalue weighted by Crippen LogP contribution is -2.34. The zero-order chi connectivity index (χ0) is 20.1. The molecule has 0 fully saturated rings. The summed E-state index contributed by atoms with van der Waals surface area (Å²) in [7, 11) is 0. The maximum Gasteiger partial charge on any atom is 0.262 e. The number of furan rings is 1. The Morgan fingerprint density at radius 3 is 2.93 bits per heavy atom. The summed E-state index contributed by atoms with van der Waals surface area (Å²) in [5, 5.41) is 4.39. The van der Waals surface area contributed by atoms with Gasteiger partial charge in [0.25, 0.3) is 5.56 Å². The molecule has 1 aromatic carbocycles. The second kappa shape index (κ2) is 9.30. The standard InChI is InChI=1S/C20H22ClN3O3S/c1-3-5-13(2)22-18(25)12-28-20-23-17-10-14(21)7-8-16(17)19(26)24(20)11-15-6-4-9-27-15/h4,6-10,13H,3,5,11-12H2,1-2H3,(H,22,25)/t13-/m1/s1. The molecule has 2 heterocycles. The number of carbonyl (C=O) groups is 1. The minimum Gasteiger partial charge on any atom is -0.467 e. The van der Waals surface area contributed by atoms with Gasteiger partial charge >= 0.3 is 0 Å². The van der Waals surface area contributed by atoms with Gasteiger partial charge in [0.2, 0.25) is 5.91 Å². The Labute approximate surface area is 172 Å². The van der Waals surface area contributed by atoms with Crippen LogP contribution in [0.4, 0.5) is 0 Å². The van der Waals surface area contributed by atoms with Gasteiger partial charge in [-0.2, -0.15) is 0 Å². The van der Waals surface area contributed by atoms with Crippen LogP contribution >= 0.6 is 23.4 Å². The van der Waals surface area contributed by atoms with Crippen molar-refractivity contribution in [1.82, 2.24) is 14.9 Å². The maximum absolute atomic E-state index is 13.0. The molecule has 0 radical (unpaired) electrons. The van der Waals surface area contributed by atoms with E-state index >= 15 is 0 Å². The smallest absolute Gasteiger partial charge is 0.262 e. The Bertz CT molecular complexity index is 1020. The predicted octanol–water partition coefficient (Wildman–Crippen LogP) is 4.09. The number of nitrogens with zero attached hydrogens (tertiary/aromatic N) is 2. The van der Waals surface area contributed by atoms with Gasteiger partial charge in [-0.3, -0.25) is 14.2 Å². The van der Waals surface area contributed by atoms with E-state index in [2.05, 4.69) is 17.2 Å². The summed E-state index contributed by atoms with van der Waals surface area (Å²) in [6, 6.07) is 8.67. The van der Waals surface area contributed by atoms with Crippen LogP contribution < -0.4 is 10.9 Å². The van der Waals surface area contributed by atoms with E-state index in [4.69, 9.17) is 16.0 Å². The molecule has 0 spiro atoms. The molecule has 0 aliphatic rings. The highest BCUT2D eigenvalue weighted by Gasteiger charge is 2.15. The highest BCUT2D eigenvalue weighted by atomic mass is 35.5. The predicted molar refractivity (Wildman–Crippen MR) is 112 cm³/mol. The van der Waals surface area contributed by atoms with Crippen molar-refractivity contribution in [2.45, 2.75) is 44.4 Å². The van der Waals surface area contributed by atoms with Crippen LogP contribution in [0.1, 0.15) is 32.4 Å². The molecule has 148 valence electrons. The Hall–Kier alpha value is -2.25. The van der Waals surface area contributed by atoms with Crippen LogP contribution in [-0.4, -0.2) is 27.3 Å². The van der Waals surface area contributed by atoms with Crippen LogP contribution in [-0.2, 0) is 11.3 Å². The monoisotopic (exact) mass is 419 g/mol. The van der Waals surface area contributed by atoms with Crippen LogP contribution in [0.5, 0.6) is 0 Å². The molecular weight excluding hydrogens is 398 g/mol. The van der Waals surface area contributed by atoms with E-state index in [1.54, 1.807) is 36.6 Å². The molecule has 6 nitrogen and oxygen atoms in total. The number of aromatic nitrogens is 2. The van der Waals surface area contributed by atoms with Crippen LogP contribution in [0.25, 0.3) is 10.9 Å². The van der Waals surface area contributed by atoms with Crippen LogP contribution in [0.15, 0.2) is 51.0 Å². The first-order chi connectivity index (χ1) is 13.5. The summed E-state index contributed by atoms with van der Waals surface area (Å²) >= 11 is 7.28. The van der Waals surface area contributed by atoms with Crippen LogP contribution in [0.2, 0.25) is 5.02 Å². The second-order valence-corrected chi connectivity index (χ2v) is 7.95. The molecule has 3 rings (SSSR count). The lowest BCUT2D eigenvalue weighted by Gasteiger charge is -2.14. The molecule has 0 saturated heterocycles. The number of amides is 1. The summed E-state index contributed by atoms with van der Waals surface area (Å²) in [5.41, 5.74) is 0.316. The molecule has 1 atom stereocenters. The Kier molecular flexibility index (Phi) is 6.80. The Morgan fingerprint density at radius 1 is 1.39 bits per heavy atom. The molecule has 3 aromatic rings. The normalized spacial score (nSPS) is 12.2. The lowest BCUT2D eigenvalue weighted by atomic mass is 10.2. The van der Waals surface area contributed by atoms with Crippen LogP contribution in [0, 0.1) is 0 Å². The van der Waals surface area contributed by atoms with Gasteiger partial charge in [0.05, 0.1) is 29.5 Å². The van der Waals surface area contributed by atoms with Gasteiger partial charge in [-0.25, -0.2) is 4.98 Å². The van der Waals surface area contributed by atoms with E-state index in [9.17, 15) is 9.59 Å². The zero-order valence-electron chi connectivity index (χ0n) is 15.8. The van der Waals surface area contributed by atoms with Gasteiger partial charge in [0.1, 0.15) is 5.76 Å². The molecule has 28 heavy (non-hydrogen) atoms. The fraction of sp³-hybridized carbons (Fsp3) is 0.350. The number of fused-ring (bicyclic) bond motifs is 1. The van der Waals surface area contributed by atoms with Gasteiger partial charge in [-0.15, -0.1) is 0 Å². The lowest BCUT2D eigenvalue weighted by molar-refractivity contribution is -0.119. The van der Waals surface area contributed by atoms with Crippen molar-refractivity contribution < 1.29 is 9.21 Å². The summed E-state index contributed by atoms with van der Waals surface area (Å²) < 4.78 is 6.92. The highest BCUT2D eigenvalue weighted by molar-refractivity contribution is 7.99. The average molecular weight is 420 g/mol. The van der Waals surface area contributed by atoms with Gasteiger partial charge in [-0.1, -0.05) is 36.7 Å². The quantitative estimate of drug-likeness (QED) is 0.439. The van der Waals surface area contributed by atoms with Crippen molar-refractivity contribution >= 4 is 40.2 Å². The third-order valence-corrected chi connectivity index (χ3v) is 5.45. The highest BCUT2D eigenvalue weighted by Crippen LogP contribution is 2.21. The minimum atomic E-state index is -0.194. The SMILES string of the molecule is CCC[C@@H](C)NC(=O)CSc1nc2cc(Cl)ccc2c(=O)n1Cc1ccco1. The third kappa shape index (κ3) is 4.97. The molecule has 0 aliphatic carbocycles. The number of hydrogen-bond acceptors (Lipinski definition) is 5. The molecule has 0 unspecified atom stereocenters. The number of hydrogen-bond donors (Lipinski definition) is 1. The summed E-state index contributed by atoms with van der Waals surface area (Å²) in [6.45, 7) is 4.30. The molecule has 2 aromatic heterocycles. The molecule has 0 saturated carbocycles. The van der Waals surface area contributed by atoms with Gasteiger partial charge in [-0.05, 0) is 43.7 Å². The zero-order valence-corrected chi connectivity index (χ0v) is 17.3. The van der Waals surface area contributed by atoms with Crippen LogP contribution in [0.3, 0.4) is 0 Å². The number of nitrogens with one attached hydrogen (secondary N) is 1. The number of carbonyl (C=O) groups excluding carboxylic acids is 1. The summed E-state index contributed by atoms with van der Waals surface area (Å²) in [5.74, 6) is 0.723. The van der Waals surface area contributed by atoms with E-state index in [0.29, 0.717) is 26.8 Å². The maximum atomic E-state index is 13.0. The van der Waals surface area contributed by atoms with Gasteiger partial charge < -0.3 is 9.73 Å². The number of rotatable bonds is 8. The molecule has 0 bridgehead atoms. The molecule has 1 amide bonds. The van der Waals surface area contributed by atoms with Crippen molar-refractivity contribution in [3.8, 4) is 0 Å². The molecular formula is C20H22ClN3O3S. The first kappa shape index (κ1) is 20.5. The molecule has 0 aliphatic heterocycles. The van der Waals surface area contributed by atoms with E-state index in [0.717, 1.165) is 12.8 Å². The van der Waals surface area contributed by atoms with Crippen molar-refractivity contribution in [2.75, 3.05) is 5.75 Å². The van der Waals surface area contributed by atoms with E-state index < -0.39 is 0 Å². The van der Waals surface area contributed by atoms with Crippen molar-refractivity contribution in [3.05, 3.63) is 57.7 Å². The average Bonchev–Trinajstić information content (AvgIpc) is 3.16. The Morgan fingerprint density at radius 2 is 2.21 bits per heavy atom. The van der Waals surface area contributed by atoms with Gasteiger partial charge in [0.15, 0.2) is 5.16 Å². The van der Waals surface area contributed by atoms with Gasteiger partial charge in [0, 0.05) is 11.1 Å². The fourth-order valence-electron chi connectivity index (χ4n) is 2.93. The summed E-state index contributed by atoms with van der Waals surface area (Å²) in [4.78, 5) is 29.8. The third-order valence-electron chi connectivity index (χ3n) is 4.24. The molecule has 8 heteroatoms. The topological polar surface area (TPSA) is 77.1 Å². The number of halogens is 1. The van der Waals surface area contributed by atoms with E-state index in [1.165, 1.54) is 16.3 Å². The first-order valence-electron chi connectivity index (χ1n) is 9.12. The van der Waals surface area contributed by atoms with Crippen molar-refractivity contribution in [1.29, 1.82) is 0 Å². The second-order valence-electron chi connectivity index (χ2n) is 6.57. The Balaban J connectivity index is 1.90. The fourth-order valence-corrected chi connectivity index (χ4v) is 3.91. The molecule has 1 N–H and O–H groups in total. The van der Waals surface area contributed by atoms with Crippen molar-refractivity contribution in [2.24, 2.45) is 0 Å². The van der Waals surface area contributed by atoms with E-state index in [-0.39, 0.29) is 29.8 Å². The van der Waals surface area contributed by atoms with Crippen molar-refractivity contribution in [3.63, 3.8) is 0 Å². The summed E-state index contributed by atoms with van der Waals surface area (Å²) in [6.07, 6.45) is 3.49. The first-order valence-corrected chi connectivity index (χ1v) is 10.5. The number of thioether (sulfide) groups is 1. The number of benzene rings is 1.